The lowest BCUT2D eigenvalue weighted by molar-refractivity contribution is 0.152. The highest BCUT2D eigenvalue weighted by Gasteiger charge is 2.23. The Bertz CT molecular complexity index is 552. The number of para-hydroxylation sites is 1. The van der Waals surface area contributed by atoms with Gasteiger partial charge in [-0.3, -0.25) is 0 Å². The first-order valence-corrected chi connectivity index (χ1v) is 7.22. The summed E-state index contributed by atoms with van der Waals surface area (Å²) in [6.45, 7) is 2.87. The quantitative estimate of drug-likeness (QED) is 0.840. The number of anilines is 1. The molecule has 0 unspecified atom stereocenters. The van der Waals surface area contributed by atoms with Crippen LogP contribution in [0.5, 0.6) is 0 Å². The summed E-state index contributed by atoms with van der Waals surface area (Å²) in [5.41, 5.74) is 4.18. The van der Waals surface area contributed by atoms with E-state index in [1.165, 1.54) is 16.8 Å². The predicted molar refractivity (Wildman–Crippen MR) is 83.0 cm³/mol. The zero-order chi connectivity index (χ0) is 13.8. The van der Waals surface area contributed by atoms with Gasteiger partial charge in [0.2, 0.25) is 0 Å². The fourth-order valence-corrected chi connectivity index (χ4v) is 3.08. The molecule has 2 aromatic carbocycles. The van der Waals surface area contributed by atoms with Crippen LogP contribution in [-0.4, -0.2) is 20.3 Å². The summed E-state index contributed by atoms with van der Waals surface area (Å²) in [7, 11) is 1.79. The first kappa shape index (κ1) is 13.2. The van der Waals surface area contributed by atoms with E-state index in [2.05, 4.69) is 59.5 Å². The topological polar surface area (TPSA) is 12.5 Å². The molecule has 2 nitrogen and oxygen atoms in total. The minimum absolute atomic E-state index is 0.582. The lowest BCUT2D eigenvalue weighted by Crippen LogP contribution is -2.36. The van der Waals surface area contributed by atoms with E-state index in [-0.39, 0.29) is 0 Å². The molecule has 1 aliphatic rings. The van der Waals surface area contributed by atoms with E-state index in [1.807, 2.05) is 0 Å². The normalized spacial score (nSPS) is 17.9. The number of benzene rings is 2. The van der Waals surface area contributed by atoms with Crippen molar-refractivity contribution in [3.8, 4) is 0 Å². The number of hydrogen-bond donors (Lipinski definition) is 0. The molecule has 104 valence electrons. The first-order chi connectivity index (χ1) is 9.86. The number of nitrogens with zero attached hydrogens (tertiary/aromatic N) is 1. The Balaban J connectivity index is 1.85. The van der Waals surface area contributed by atoms with Crippen LogP contribution >= 0.6 is 0 Å². The lowest BCUT2D eigenvalue weighted by atomic mass is 9.92. The molecule has 0 spiro atoms. The summed E-state index contributed by atoms with van der Waals surface area (Å²) in [6, 6.07) is 19.4. The van der Waals surface area contributed by atoms with Crippen molar-refractivity contribution < 1.29 is 4.74 Å². The Morgan fingerprint density at radius 2 is 1.80 bits per heavy atom. The van der Waals surface area contributed by atoms with Gasteiger partial charge >= 0.3 is 0 Å². The molecule has 0 N–H and O–H groups in total. The minimum Gasteiger partial charge on any atom is -0.384 e. The second-order valence-electron chi connectivity index (χ2n) is 5.52. The molecular formula is C18H21NO. The van der Waals surface area contributed by atoms with E-state index in [4.69, 9.17) is 4.74 Å². The molecule has 0 radical (unpaired) electrons. The molecule has 2 aromatic rings. The second-order valence-corrected chi connectivity index (χ2v) is 5.52. The summed E-state index contributed by atoms with van der Waals surface area (Å²) in [6.07, 6.45) is 1.12. The predicted octanol–water partition coefficient (Wildman–Crippen LogP) is 3.51. The number of methoxy groups -OCH3 is 1. The van der Waals surface area contributed by atoms with Gasteiger partial charge in [-0.15, -0.1) is 0 Å². The Morgan fingerprint density at radius 3 is 2.60 bits per heavy atom. The van der Waals surface area contributed by atoms with E-state index >= 15 is 0 Å². The van der Waals surface area contributed by atoms with Crippen molar-refractivity contribution in [1.82, 2.24) is 0 Å². The van der Waals surface area contributed by atoms with Crippen molar-refractivity contribution in [2.75, 3.05) is 25.2 Å². The molecule has 0 aromatic heterocycles. The molecule has 0 saturated heterocycles. The number of ether oxygens (including phenoxy) is 1. The summed E-state index contributed by atoms with van der Waals surface area (Å²) in [5.74, 6) is 0.582. The molecule has 1 heterocycles. The molecule has 0 amide bonds. The van der Waals surface area contributed by atoms with Crippen molar-refractivity contribution in [1.29, 1.82) is 0 Å². The summed E-state index contributed by atoms with van der Waals surface area (Å²) >= 11 is 0. The average molecular weight is 267 g/mol. The Labute approximate surface area is 121 Å². The summed E-state index contributed by atoms with van der Waals surface area (Å²) in [5, 5.41) is 0. The van der Waals surface area contributed by atoms with Gasteiger partial charge in [0.25, 0.3) is 0 Å². The minimum atomic E-state index is 0.582. The van der Waals surface area contributed by atoms with Gasteiger partial charge in [0.1, 0.15) is 0 Å². The highest BCUT2D eigenvalue weighted by atomic mass is 16.5. The molecule has 1 aliphatic heterocycles. The molecule has 1 atom stereocenters. The highest BCUT2D eigenvalue weighted by molar-refractivity contribution is 5.56. The third-order valence-corrected chi connectivity index (χ3v) is 3.94. The van der Waals surface area contributed by atoms with E-state index < -0.39 is 0 Å². The van der Waals surface area contributed by atoms with Crippen molar-refractivity contribution in [2.24, 2.45) is 5.92 Å². The smallest absolute Gasteiger partial charge is 0.0510 e. The molecule has 3 rings (SSSR count). The Hall–Kier alpha value is -1.80. The number of fused-ring (bicyclic) bond motifs is 1. The van der Waals surface area contributed by atoms with E-state index in [9.17, 15) is 0 Å². The van der Waals surface area contributed by atoms with Gasteiger partial charge in [0, 0.05) is 31.8 Å². The van der Waals surface area contributed by atoms with Crippen LogP contribution in [0.15, 0.2) is 54.6 Å². The van der Waals surface area contributed by atoms with E-state index in [0.29, 0.717) is 5.92 Å². The molecular weight excluding hydrogens is 246 g/mol. The fourth-order valence-electron chi connectivity index (χ4n) is 3.08. The van der Waals surface area contributed by atoms with Gasteiger partial charge in [0.05, 0.1) is 6.61 Å². The maximum Gasteiger partial charge on any atom is 0.0510 e. The van der Waals surface area contributed by atoms with Crippen LogP contribution in [0.3, 0.4) is 0 Å². The second kappa shape index (κ2) is 6.10. The lowest BCUT2D eigenvalue weighted by Gasteiger charge is -2.36. The number of hydrogen-bond acceptors (Lipinski definition) is 2. The molecule has 2 heteroatoms. The molecule has 0 aliphatic carbocycles. The van der Waals surface area contributed by atoms with Crippen molar-refractivity contribution in [2.45, 2.75) is 13.0 Å². The molecule has 20 heavy (non-hydrogen) atoms. The van der Waals surface area contributed by atoms with Crippen molar-refractivity contribution in [3.05, 3.63) is 65.7 Å². The van der Waals surface area contributed by atoms with Gasteiger partial charge in [0.15, 0.2) is 0 Å². The standard InChI is InChI=1S/C18H21NO/c1-20-14-16-11-17-9-5-6-10-18(17)19(13-16)12-15-7-3-2-4-8-15/h2-10,16H,11-14H2,1H3/t16-/m1/s1. The summed E-state index contributed by atoms with van der Waals surface area (Å²) in [4.78, 5) is 2.48. The van der Waals surface area contributed by atoms with Crippen LogP contribution in [-0.2, 0) is 17.7 Å². The first-order valence-electron chi connectivity index (χ1n) is 7.22. The van der Waals surface area contributed by atoms with Gasteiger partial charge in [-0.05, 0) is 23.6 Å². The maximum absolute atomic E-state index is 5.37. The Kier molecular flexibility index (Phi) is 4.03. The zero-order valence-electron chi connectivity index (χ0n) is 12.0. The monoisotopic (exact) mass is 267 g/mol. The fraction of sp³-hybridized carbons (Fsp3) is 0.333. The van der Waals surface area contributed by atoms with Gasteiger partial charge in [-0.2, -0.15) is 0 Å². The van der Waals surface area contributed by atoms with Gasteiger partial charge < -0.3 is 9.64 Å². The van der Waals surface area contributed by atoms with Gasteiger partial charge in [-0.1, -0.05) is 48.5 Å². The van der Waals surface area contributed by atoms with Crippen LogP contribution in [0.1, 0.15) is 11.1 Å². The third-order valence-electron chi connectivity index (χ3n) is 3.94. The third kappa shape index (κ3) is 2.86. The largest absolute Gasteiger partial charge is 0.384 e. The summed E-state index contributed by atoms with van der Waals surface area (Å²) < 4.78 is 5.37. The van der Waals surface area contributed by atoms with Crippen molar-refractivity contribution in [3.63, 3.8) is 0 Å². The maximum atomic E-state index is 5.37. The Morgan fingerprint density at radius 1 is 1.05 bits per heavy atom. The van der Waals surface area contributed by atoms with Crippen molar-refractivity contribution >= 4 is 5.69 Å². The highest BCUT2D eigenvalue weighted by Crippen LogP contribution is 2.30. The van der Waals surface area contributed by atoms with Crippen LogP contribution in [0.2, 0.25) is 0 Å². The van der Waals surface area contributed by atoms with Crippen LogP contribution in [0.4, 0.5) is 5.69 Å². The van der Waals surface area contributed by atoms with Crippen LogP contribution in [0.25, 0.3) is 0 Å². The SMILES string of the molecule is COC[C@@H]1Cc2ccccc2N(Cc2ccccc2)C1. The molecule has 0 saturated carbocycles. The molecule has 0 fully saturated rings. The van der Waals surface area contributed by atoms with Gasteiger partial charge in [-0.25, -0.2) is 0 Å². The average Bonchev–Trinajstić information content (AvgIpc) is 2.49. The molecule has 0 bridgehead atoms. The van der Waals surface area contributed by atoms with Crippen LogP contribution in [0, 0.1) is 5.92 Å². The van der Waals surface area contributed by atoms with Crippen LogP contribution < -0.4 is 4.90 Å². The zero-order valence-corrected chi connectivity index (χ0v) is 12.0. The number of rotatable bonds is 4. The van der Waals surface area contributed by atoms with E-state index in [1.54, 1.807) is 7.11 Å². The van der Waals surface area contributed by atoms with E-state index in [0.717, 1.165) is 26.1 Å².